The number of carbonyl (C=O) groups is 2. The number of amides is 2. The van der Waals surface area contributed by atoms with Gasteiger partial charge in [-0.05, 0) is 6.92 Å². The van der Waals surface area contributed by atoms with Gasteiger partial charge in [-0.3, -0.25) is 9.48 Å². The Bertz CT molecular complexity index is 440. The summed E-state index contributed by atoms with van der Waals surface area (Å²) in [5, 5.41) is 3.95. The molecule has 8 nitrogen and oxygen atoms in total. The molecule has 0 aliphatic carbocycles. The van der Waals surface area contributed by atoms with Crippen LogP contribution in [-0.2, 0) is 16.1 Å². The predicted molar refractivity (Wildman–Crippen MR) is 69.8 cm³/mol. The molecule has 0 bridgehead atoms. The van der Waals surface area contributed by atoms with Crippen molar-refractivity contribution in [3.8, 4) is 0 Å². The molecule has 0 spiro atoms. The molecule has 1 aliphatic rings. The second-order valence-electron chi connectivity index (χ2n) is 4.48. The maximum absolute atomic E-state index is 12.0. The van der Waals surface area contributed by atoms with Gasteiger partial charge in [0.25, 0.3) is 0 Å². The molecule has 0 saturated carbocycles. The van der Waals surface area contributed by atoms with Crippen molar-refractivity contribution in [2.24, 2.45) is 0 Å². The third-order valence-corrected chi connectivity index (χ3v) is 3.18. The highest BCUT2D eigenvalue weighted by atomic mass is 16.6. The summed E-state index contributed by atoms with van der Waals surface area (Å²) in [6.07, 6.45) is 3.12. The summed E-state index contributed by atoms with van der Waals surface area (Å²) in [5.74, 6) is 0.0732. The number of nitrogens with zero attached hydrogens (tertiary/aromatic N) is 5. The van der Waals surface area contributed by atoms with E-state index in [0.29, 0.717) is 45.8 Å². The normalized spacial score (nSPS) is 15.2. The molecule has 1 saturated heterocycles. The summed E-state index contributed by atoms with van der Waals surface area (Å²) in [7, 11) is 0. The van der Waals surface area contributed by atoms with E-state index in [2.05, 4.69) is 10.1 Å². The Kier molecular flexibility index (Phi) is 4.91. The van der Waals surface area contributed by atoms with E-state index in [4.69, 9.17) is 4.74 Å². The molecule has 1 fully saturated rings. The fourth-order valence-electron chi connectivity index (χ4n) is 2.07. The first-order valence-corrected chi connectivity index (χ1v) is 6.72. The predicted octanol–water partition coefficient (Wildman–Crippen LogP) is -0.0311. The minimum absolute atomic E-state index is 0.0732. The van der Waals surface area contributed by atoms with Gasteiger partial charge >= 0.3 is 6.09 Å². The van der Waals surface area contributed by atoms with Gasteiger partial charge in [0.2, 0.25) is 5.91 Å². The molecular weight excluding hydrogens is 262 g/mol. The molecule has 2 heterocycles. The Hall–Kier alpha value is -2.12. The Morgan fingerprint density at radius 1 is 1.20 bits per heavy atom. The lowest BCUT2D eigenvalue weighted by Gasteiger charge is -2.34. The Morgan fingerprint density at radius 2 is 1.90 bits per heavy atom. The van der Waals surface area contributed by atoms with Crippen molar-refractivity contribution in [3.05, 3.63) is 12.7 Å². The molecule has 2 amide bonds. The maximum Gasteiger partial charge on any atom is 0.409 e. The SMILES string of the molecule is CCOC(=O)N1CCN(C(=O)CCn2cncn2)CC1. The second-order valence-corrected chi connectivity index (χ2v) is 4.48. The summed E-state index contributed by atoms with van der Waals surface area (Å²) in [4.78, 5) is 30.8. The molecule has 20 heavy (non-hydrogen) atoms. The van der Waals surface area contributed by atoms with Crippen LogP contribution >= 0.6 is 0 Å². The second kappa shape index (κ2) is 6.88. The number of carbonyl (C=O) groups excluding carboxylic acids is 2. The lowest BCUT2D eigenvalue weighted by molar-refractivity contribution is -0.133. The van der Waals surface area contributed by atoms with Crippen LogP contribution in [0.4, 0.5) is 4.79 Å². The zero-order valence-corrected chi connectivity index (χ0v) is 11.6. The van der Waals surface area contributed by atoms with Crippen LogP contribution in [0.3, 0.4) is 0 Å². The van der Waals surface area contributed by atoms with E-state index in [1.807, 2.05) is 0 Å². The van der Waals surface area contributed by atoms with E-state index < -0.39 is 0 Å². The zero-order valence-electron chi connectivity index (χ0n) is 11.6. The van der Waals surface area contributed by atoms with Crippen molar-refractivity contribution in [3.63, 3.8) is 0 Å². The van der Waals surface area contributed by atoms with Crippen LogP contribution in [0.2, 0.25) is 0 Å². The van der Waals surface area contributed by atoms with Crippen LogP contribution in [0.1, 0.15) is 13.3 Å². The van der Waals surface area contributed by atoms with E-state index in [1.165, 1.54) is 6.33 Å². The van der Waals surface area contributed by atoms with Crippen LogP contribution in [0.5, 0.6) is 0 Å². The van der Waals surface area contributed by atoms with Gasteiger partial charge in [-0.25, -0.2) is 9.78 Å². The van der Waals surface area contributed by atoms with Gasteiger partial charge in [0.1, 0.15) is 12.7 Å². The minimum Gasteiger partial charge on any atom is -0.450 e. The number of hydrogen-bond acceptors (Lipinski definition) is 5. The average molecular weight is 281 g/mol. The maximum atomic E-state index is 12.0. The lowest BCUT2D eigenvalue weighted by Crippen LogP contribution is -2.50. The first kappa shape index (κ1) is 14.3. The first-order valence-electron chi connectivity index (χ1n) is 6.72. The van der Waals surface area contributed by atoms with E-state index in [9.17, 15) is 9.59 Å². The fraction of sp³-hybridized carbons (Fsp3) is 0.667. The van der Waals surface area contributed by atoms with E-state index >= 15 is 0 Å². The van der Waals surface area contributed by atoms with Crippen molar-refractivity contribution in [2.45, 2.75) is 19.9 Å². The fourth-order valence-corrected chi connectivity index (χ4v) is 2.07. The Balaban J connectivity index is 1.73. The summed E-state index contributed by atoms with van der Waals surface area (Å²) in [6.45, 7) is 4.82. The first-order chi connectivity index (χ1) is 9.70. The molecule has 0 aromatic carbocycles. The minimum atomic E-state index is -0.304. The Morgan fingerprint density at radius 3 is 2.50 bits per heavy atom. The number of hydrogen-bond donors (Lipinski definition) is 0. The average Bonchev–Trinajstić information content (AvgIpc) is 2.98. The molecule has 2 rings (SSSR count). The highest BCUT2D eigenvalue weighted by Gasteiger charge is 2.24. The monoisotopic (exact) mass is 281 g/mol. The summed E-state index contributed by atoms with van der Waals surface area (Å²) in [5.41, 5.74) is 0. The molecule has 0 N–H and O–H groups in total. The highest BCUT2D eigenvalue weighted by Crippen LogP contribution is 2.06. The van der Waals surface area contributed by atoms with Crippen molar-refractivity contribution in [1.29, 1.82) is 0 Å². The van der Waals surface area contributed by atoms with Crippen LogP contribution in [-0.4, -0.2) is 69.4 Å². The number of rotatable bonds is 4. The molecule has 0 atom stereocenters. The van der Waals surface area contributed by atoms with Gasteiger partial charge in [-0.1, -0.05) is 0 Å². The van der Waals surface area contributed by atoms with Gasteiger partial charge in [-0.15, -0.1) is 0 Å². The Labute approximate surface area is 117 Å². The van der Waals surface area contributed by atoms with E-state index in [-0.39, 0.29) is 12.0 Å². The van der Waals surface area contributed by atoms with Gasteiger partial charge < -0.3 is 14.5 Å². The highest BCUT2D eigenvalue weighted by molar-refractivity contribution is 5.76. The number of aryl methyl sites for hydroxylation is 1. The largest absolute Gasteiger partial charge is 0.450 e. The lowest BCUT2D eigenvalue weighted by atomic mass is 10.3. The van der Waals surface area contributed by atoms with Crippen molar-refractivity contribution >= 4 is 12.0 Å². The van der Waals surface area contributed by atoms with E-state index in [1.54, 1.807) is 27.7 Å². The van der Waals surface area contributed by atoms with E-state index in [0.717, 1.165) is 0 Å². The molecule has 0 unspecified atom stereocenters. The third-order valence-electron chi connectivity index (χ3n) is 3.18. The summed E-state index contributed by atoms with van der Waals surface area (Å²) < 4.78 is 6.57. The van der Waals surface area contributed by atoms with Crippen LogP contribution in [0.25, 0.3) is 0 Å². The molecule has 1 aromatic heterocycles. The number of ether oxygens (including phenoxy) is 1. The van der Waals surface area contributed by atoms with Crippen molar-refractivity contribution < 1.29 is 14.3 Å². The zero-order chi connectivity index (χ0) is 14.4. The quantitative estimate of drug-likeness (QED) is 0.774. The van der Waals surface area contributed by atoms with Crippen LogP contribution in [0.15, 0.2) is 12.7 Å². The number of piperazine rings is 1. The molecule has 110 valence electrons. The van der Waals surface area contributed by atoms with Crippen LogP contribution < -0.4 is 0 Å². The molecule has 1 aliphatic heterocycles. The molecular formula is C12H19N5O3. The topological polar surface area (TPSA) is 80.6 Å². The van der Waals surface area contributed by atoms with Gasteiger partial charge in [0, 0.05) is 32.6 Å². The van der Waals surface area contributed by atoms with Crippen molar-refractivity contribution in [1.82, 2.24) is 24.6 Å². The van der Waals surface area contributed by atoms with Gasteiger partial charge in [-0.2, -0.15) is 5.10 Å². The van der Waals surface area contributed by atoms with Crippen molar-refractivity contribution in [2.75, 3.05) is 32.8 Å². The third kappa shape index (κ3) is 3.69. The summed E-state index contributed by atoms with van der Waals surface area (Å²) >= 11 is 0. The van der Waals surface area contributed by atoms with Gasteiger partial charge in [0.15, 0.2) is 0 Å². The van der Waals surface area contributed by atoms with Gasteiger partial charge in [0.05, 0.1) is 13.2 Å². The summed E-state index contributed by atoms with van der Waals surface area (Å²) in [6, 6.07) is 0. The number of aromatic nitrogens is 3. The molecule has 8 heteroatoms. The smallest absolute Gasteiger partial charge is 0.409 e. The molecule has 0 radical (unpaired) electrons. The molecule has 1 aromatic rings. The standard InChI is InChI=1S/C12H19N5O3/c1-2-20-12(19)16-7-5-15(6-8-16)11(18)3-4-17-10-13-9-14-17/h9-10H,2-8H2,1H3. The van der Waals surface area contributed by atoms with Crippen LogP contribution in [0, 0.1) is 0 Å².